The Bertz CT molecular complexity index is 801. The van der Waals surface area contributed by atoms with Crippen LogP contribution in [-0.4, -0.2) is 76.2 Å². The van der Waals surface area contributed by atoms with Crippen molar-refractivity contribution in [3.63, 3.8) is 0 Å². The van der Waals surface area contributed by atoms with Gasteiger partial charge in [0.25, 0.3) is 11.8 Å². The fraction of sp³-hybridized carbons (Fsp3) is 0.474. The number of hydrogen-bond acceptors (Lipinski definition) is 5. The molecule has 4 rings (SSSR count). The van der Waals surface area contributed by atoms with E-state index >= 15 is 0 Å². The second kappa shape index (κ2) is 7.87. The summed E-state index contributed by atoms with van der Waals surface area (Å²) in [5.41, 5.74) is 1.84. The molecule has 2 aromatic rings. The summed E-state index contributed by atoms with van der Waals surface area (Å²) in [6, 6.07) is 7.28. The van der Waals surface area contributed by atoms with Gasteiger partial charge in [-0.3, -0.25) is 14.7 Å². The van der Waals surface area contributed by atoms with E-state index in [1.54, 1.807) is 23.2 Å². The smallest absolute Gasteiger partial charge is 0.272 e. The van der Waals surface area contributed by atoms with Crippen LogP contribution in [0.15, 0.2) is 30.5 Å². The number of nitrogens with one attached hydrogen (secondary N) is 1. The van der Waals surface area contributed by atoms with E-state index in [0.29, 0.717) is 44.2 Å². The van der Waals surface area contributed by atoms with Gasteiger partial charge in [0, 0.05) is 44.0 Å². The first kappa shape index (κ1) is 17.7. The Hall–Kier alpha value is -2.74. The molecule has 0 aromatic carbocycles. The van der Waals surface area contributed by atoms with Crippen molar-refractivity contribution in [2.24, 2.45) is 0 Å². The van der Waals surface area contributed by atoms with Crippen LogP contribution in [0, 0.1) is 0 Å². The molecule has 1 unspecified atom stereocenters. The third-order valence-electron chi connectivity index (χ3n) is 5.15. The number of hydrogen-bond donors (Lipinski definition) is 1. The highest BCUT2D eigenvalue weighted by atomic mass is 16.5. The van der Waals surface area contributed by atoms with Crippen molar-refractivity contribution in [2.45, 2.75) is 18.8 Å². The number of likely N-dealkylation sites (tertiary alicyclic amines) is 1. The molecule has 2 saturated heterocycles. The number of carbonyl (C=O) groups excluding carboxylic acids is 2. The van der Waals surface area contributed by atoms with Gasteiger partial charge in [0.2, 0.25) is 0 Å². The zero-order valence-electron chi connectivity index (χ0n) is 15.1. The van der Waals surface area contributed by atoms with Crippen LogP contribution in [0.5, 0.6) is 0 Å². The van der Waals surface area contributed by atoms with Crippen LogP contribution in [-0.2, 0) is 4.74 Å². The molecule has 8 heteroatoms. The van der Waals surface area contributed by atoms with Crippen LogP contribution < -0.4 is 0 Å². The number of carbonyl (C=O) groups is 2. The van der Waals surface area contributed by atoms with E-state index in [0.717, 1.165) is 25.1 Å². The van der Waals surface area contributed by atoms with Gasteiger partial charge in [0.05, 0.1) is 13.2 Å². The Morgan fingerprint density at radius 1 is 1.07 bits per heavy atom. The lowest BCUT2D eigenvalue weighted by molar-refractivity contribution is 0.0298. The predicted molar refractivity (Wildman–Crippen MR) is 97.4 cm³/mol. The molecule has 2 aromatic heterocycles. The molecule has 4 heterocycles. The average Bonchev–Trinajstić information content (AvgIpc) is 3.28. The van der Waals surface area contributed by atoms with E-state index in [1.165, 1.54) is 0 Å². The largest absolute Gasteiger partial charge is 0.378 e. The van der Waals surface area contributed by atoms with Gasteiger partial charge < -0.3 is 14.5 Å². The highest BCUT2D eigenvalue weighted by Crippen LogP contribution is 2.26. The Labute approximate surface area is 157 Å². The fourth-order valence-electron chi connectivity index (χ4n) is 3.67. The Kier molecular flexibility index (Phi) is 5.15. The second-order valence-corrected chi connectivity index (χ2v) is 6.91. The standard InChI is InChI=1S/C19H23N5O3/c25-18(23-9-11-27-12-10-23)16-5-1-4-15(21-16)14-3-2-8-24(13-14)19(26)17-6-7-20-22-17/h1,4-7,14H,2-3,8-13H2,(H,20,22). The van der Waals surface area contributed by atoms with Crippen molar-refractivity contribution < 1.29 is 14.3 Å². The molecule has 0 radical (unpaired) electrons. The first-order valence-corrected chi connectivity index (χ1v) is 9.35. The van der Waals surface area contributed by atoms with Crippen LogP contribution >= 0.6 is 0 Å². The number of aromatic nitrogens is 3. The normalized spacial score (nSPS) is 20.5. The van der Waals surface area contributed by atoms with Crippen molar-refractivity contribution in [2.75, 3.05) is 39.4 Å². The van der Waals surface area contributed by atoms with Crippen LogP contribution in [0.3, 0.4) is 0 Å². The lowest BCUT2D eigenvalue weighted by Crippen LogP contribution is -2.41. The number of rotatable bonds is 3. The Morgan fingerprint density at radius 2 is 1.93 bits per heavy atom. The Balaban J connectivity index is 1.48. The highest BCUT2D eigenvalue weighted by molar-refractivity contribution is 5.93. The van der Waals surface area contributed by atoms with E-state index in [2.05, 4.69) is 15.2 Å². The second-order valence-electron chi connectivity index (χ2n) is 6.91. The van der Waals surface area contributed by atoms with Crippen molar-refractivity contribution >= 4 is 11.8 Å². The summed E-state index contributed by atoms with van der Waals surface area (Å²) < 4.78 is 5.31. The summed E-state index contributed by atoms with van der Waals surface area (Å²) in [5, 5.41) is 6.59. The first-order chi connectivity index (χ1) is 13.2. The summed E-state index contributed by atoms with van der Waals surface area (Å²) in [4.78, 5) is 33.5. The molecular formula is C19H23N5O3. The molecule has 8 nitrogen and oxygen atoms in total. The lowest BCUT2D eigenvalue weighted by Gasteiger charge is -2.32. The molecule has 1 atom stereocenters. The summed E-state index contributed by atoms with van der Waals surface area (Å²) in [6.45, 7) is 3.65. The average molecular weight is 369 g/mol. The monoisotopic (exact) mass is 369 g/mol. The number of pyridine rings is 1. The van der Waals surface area contributed by atoms with Gasteiger partial charge in [-0.1, -0.05) is 6.07 Å². The minimum absolute atomic E-state index is 0.0438. The van der Waals surface area contributed by atoms with Crippen molar-refractivity contribution in [1.82, 2.24) is 25.0 Å². The van der Waals surface area contributed by atoms with Crippen molar-refractivity contribution in [3.8, 4) is 0 Å². The van der Waals surface area contributed by atoms with E-state index in [9.17, 15) is 9.59 Å². The fourth-order valence-corrected chi connectivity index (χ4v) is 3.67. The van der Waals surface area contributed by atoms with Gasteiger partial charge >= 0.3 is 0 Å². The maximum atomic E-state index is 12.7. The van der Waals surface area contributed by atoms with E-state index in [1.807, 2.05) is 17.0 Å². The third-order valence-corrected chi connectivity index (χ3v) is 5.15. The van der Waals surface area contributed by atoms with Gasteiger partial charge in [-0.05, 0) is 31.0 Å². The predicted octanol–water partition coefficient (Wildman–Crippen LogP) is 1.30. The van der Waals surface area contributed by atoms with E-state index < -0.39 is 0 Å². The number of ether oxygens (including phenoxy) is 1. The van der Waals surface area contributed by atoms with Gasteiger partial charge in [-0.2, -0.15) is 5.10 Å². The van der Waals surface area contributed by atoms with Crippen molar-refractivity contribution in [1.29, 1.82) is 0 Å². The van der Waals surface area contributed by atoms with Gasteiger partial charge in [0.1, 0.15) is 11.4 Å². The Morgan fingerprint density at radius 3 is 2.70 bits per heavy atom. The minimum Gasteiger partial charge on any atom is -0.378 e. The molecular weight excluding hydrogens is 346 g/mol. The minimum atomic E-state index is -0.0543. The molecule has 0 spiro atoms. The lowest BCUT2D eigenvalue weighted by atomic mass is 9.94. The highest BCUT2D eigenvalue weighted by Gasteiger charge is 2.28. The van der Waals surface area contributed by atoms with E-state index in [-0.39, 0.29) is 17.7 Å². The van der Waals surface area contributed by atoms with Crippen LogP contribution in [0.4, 0.5) is 0 Å². The molecule has 27 heavy (non-hydrogen) atoms. The quantitative estimate of drug-likeness (QED) is 0.880. The topological polar surface area (TPSA) is 91.4 Å². The first-order valence-electron chi connectivity index (χ1n) is 9.35. The number of aromatic amines is 1. The van der Waals surface area contributed by atoms with Gasteiger partial charge in [-0.15, -0.1) is 0 Å². The number of piperidine rings is 1. The van der Waals surface area contributed by atoms with Crippen LogP contribution in [0.1, 0.15) is 45.4 Å². The molecule has 0 saturated carbocycles. The molecule has 2 fully saturated rings. The maximum Gasteiger partial charge on any atom is 0.272 e. The maximum absolute atomic E-state index is 12.7. The summed E-state index contributed by atoms with van der Waals surface area (Å²) in [7, 11) is 0. The summed E-state index contributed by atoms with van der Waals surface area (Å²) in [5.74, 6) is 0.0298. The SMILES string of the molecule is O=C(c1cccc(C2CCCN(C(=O)c3ccn[nH]3)C2)n1)N1CCOCC1. The summed E-state index contributed by atoms with van der Waals surface area (Å²) in [6.07, 6.45) is 3.44. The molecule has 2 aliphatic heterocycles. The summed E-state index contributed by atoms with van der Waals surface area (Å²) >= 11 is 0. The number of nitrogens with zero attached hydrogens (tertiary/aromatic N) is 4. The zero-order valence-corrected chi connectivity index (χ0v) is 15.1. The molecule has 2 aliphatic rings. The molecule has 0 aliphatic carbocycles. The molecule has 0 bridgehead atoms. The van der Waals surface area contributed by atoms with Gasteiger partial charge in [-0.25, -0.2) is 4.98 Å². The van der Waals surface area contributed by atoms with Gasteiger partial charge in [0.15, 0.2) is 0 Å². The van der Waals surface area contributed by atoms with Crippen LogP contribution in [0.25, 0.3) is 0 Å². The molecule has 142 valence electrons. The van der Waals surface area contributed by atoms with E-state index in [4.69, 9.17) is 4.74 Å². The zero-order chi connectivity index (χ0) is 18.6. The number of morpholine rings is 1. The number of H-pyrrole nitrogens is 1. The van der Waals surface area contributed by atoms with Crippen molar-refractivity contribution in [3.05, 3.63) is 47.5 Å². The van der Waals surface area contributed by atoms with Crippen LogP contribution in [0.2, 0.25) is 0 Å². The third kappa shape index (κ3) is 3.85. The molecule has 2 amide bonds. The molecule has 1 N–H and O–H groups in total. The number of amides is 2.